The van der Waals surface area contributed by atoms with Gasteiger partial charge < -0.3 is 15.7 Å². The molecule has 0 saturated carbocycles. The van der Waals surface area contributed by atoms with E-state index in [2.05, 4.69) is 25.6 Å². The highest BCUT2D eigenvalue weighted by Gasteiger charge is 2.33. The lowest BCUT2D eigenvalue weighted by Crippen LogP contribution is -2.16. The second kappa shape index (κ2) is 8.44. The summed E-state index contributed by atoms with van der Waals surface area (Å²) in [6.07, 6.45) is -1.96. The lowest BCUT2D eigenvalue weighted by Gasteiger charge is -2.12. The molecule has 0 bridgehead atoms. The van der Waals surface area contributed by atoms with E-state index in [0.29, 0.717) is 19.4 Å². The molecule has 0 atom stereocenters. The van der Waals surface area contributed by atoms with Crippen molar-refractivity contribution < 1.29 is 18.3 Å². The molecule has 0 radical (unpaired) electrons. The maximum absolute atomic E-state index is 12.9. The van der Waals surface area contributed by atoms with E-state index in [-0.39, 0.29) is 24.9 Å². The Hall–Kier alpha value is -2.42. The number of rotatable bonds is 8. The maximum Gasteiger partial charge on any atom is 0.433 e. The Morgan fingerprint density at radius 2 is 1.92 bits per heavy atom. The summed E-state index contributed by atoms with van der Waals surface area (Å²) in [6, 6.07) is 6.35. The molecule has 2 heterocycles. The molecule has 0 spiro atoms. The number of nitrogens with one attached hydrogen (secondary N) is 2. The quantitative estimate of drug-likeness (QED) is 0.639. The zero-order valence-corrected chi connectivity index (χ0v) is 12.8. The van der Waals surface area contributed by atoms with Gasteiger partial charge in [-0.15, -0.1) is 0 Å². The zero-order chi connectivity index (χ0) is 17.4. The van der Waals surface area contributed by atoms with Crippen molar-refractivity contribution in [1.82, 2.24) is 15.0 Å². The molecule has 0 amide bonds. The number of aliphatic hydroxyl groups excluding tert-OH is 1. The molecule has 0 aliphatic rings. The number of aromatic nitrogens is 3. The minimum atomic E-state index is -4.56. The molecule has 0 aromatic carbocycles. The predicted octanol–water partition coefficient (Wildman–Crippen LogP) is 2.34. The molecular weight excluding hydrogens is 323 g/mol. The number of nitrogens with zero attached hydrogens (tertiary/aromatic N) is 3. The average molecular weight is 341 g/mol. The number of hydrogen-bond donors (Lipinski definition) is 3. The summed E-state index contributed by atoms with van der Waals surface area (Å²) < 4.78 is 38.8. The second-order valence-electron chi connectivity index (χ2n) is 4.96. The van der Waals surface area contributed by atoms with Crippen molar-refractivity contribution in [2.45, 2.75) is 19.0 Å². The zero-order valence-electron chi connectivity index (χ0n) is 12.8. The number of aliphatic hydroxyl groups is 1. The molecule has 130 valence electrons. The fourth-order valence-corrected chi connectivity index (χ4v) is 1.91. The first-order valence-corrected chi connectivity index (χ1v) is 7.44. The number of pyridine rings is 1. The van der Waals surface area contributed by atoms with Crippen molar-refractivity contribution in [3.05, 3.63) is 41.9 Å². The van der Waals surface area contributed by atoms with E-state index >= 15 is 0 Å². The van der Waals surface area contributed by atoms with Gasteiger partial charge in [0.05, 0.1) is 0 Å². The molecule has 0 aliphatic carbocycles. The van der Waals surface area contributed by atoms with Crippen LogP contribution in [0.3, 0.4) is 0 Å². The number of anilines is 2. The van der Waals surface area contributed by atoms with Gasteiger partial charge in [-0.2, -0.15) is 18.2 Å². The highest BCUT2D eigenvalue weighted by Crippen LogP contribution is 2.29. The topological polar surface area (TPSA) is 83.0 Å². The van der Waals surface area contributed by atoms with Crippen LogP contribution in [-0.2, 0) is 12.6 Å². The standard InChI is InChI=1S/C15H18F3N5O/c16-15(17,18)12-10-13(23-14(22-12)21-7-3-9-24)20-8-5-11-4-1-2-6-19-11/h1-2,4,6,10,24H,3,5,7-9H2,(H2,20,21,22,23). The van der Waals surface area contributed by atoms with Crippen molar-refractivity contribution >= 4 is 11.8 Å². The first-order valence-electron chi connectivity index (χ1n) is 7.44. The van der Waals surface area contributed by atoms with Gasteiger partial charge in [-0.1, -0.05) is 6.07 Å². The minimum Gasteiger partial charge on any atom is -0.396 e. The molecule has 6 nitrogen and oxygen atoms in total. The van der Waals surface area contributed by atoms with Crippen LogP contribution in [0.15, 0.2) is 30.5 Å². The third-order valence-corrected chi connectivity index (χ3v) is 3.05. The van der Waals surface area contributed by atoms with Gasteiger partial charge in [0.2, 0.25) is 5.95 Å². The third-order valence-electron chi connectivity index (χ3n) is 3.05. The Bertz CT molecular complexity index is 637. The van der Waals surface area contributed by atoms with Crippen LogP contribution in [0, 0.1) is 0 Å². The average Bonchev–Trinajstić information content (AvgIpc) is 2.55. The maximum atomic E-state index is 12.9. The molecule has 0 unspecified atom stereocenters. The van der Waals surface area contributed by atoms with Crippen molar-refractivity contribution in [2.24, 2.45) is 0 Å². The van der Waals surface area contributed by atoms with Crippen LogP contribution in [0.4, 0.5) is 24.9 Å². The van der Waals surface area contributed by atoms with E-state index in [1.165, 1.54) is 0 Å². The van der Waals surface area contributed by atoms with Crippen molar-refractivity contribution in [3.63, 3.8) is 0 Å². The van der Waals surface area contributed by atoms with Gasteiger partial charge in [-0.05, 0) is 18.6 Å². The normalized spacial score (nSPS) is 11.3. The SMILES string of the molecule is OCCCNc1nc(NCCc2ccccn2)cc(C(F)(F)F)n1. The fraction of sp³-hybridized carbons (Fsp3) is 0.400. The van der Waals surface area contributed by atoms with E-state index in [9.17, 15) is 13.2 Å². The molecule has 0 aliphatic heterocycles. The molecular formula is C15H18F3N5O. The van der Waals surface area contributed by atoms with Gasteiger partial charge in [-0.25, -0.2) is 4.98 Å². The van der Waals surface area contributed by atoms with E-state index in [1.54, 1.807) is 12.3 Å². The van der Waals surface area contributed by atoms with Gasteiger partial charge in [0, 0.05) is 44.1 Å². The summed E-state index contributed by atoms with van der Waals surface area (Å²) in [5.74, 6) is -0.0432. The molecule has 2 rings (SSSR count). The lowest BCUT2D eigenvalue weighted by atomic mass is 10.2. The van der Waals surface area contributed by atoms with Crippen LogP contribution >= 0.6 is 0 Å². The van der Waals surface area contributed by atoms with Gasteiger partial charge in [-0.3, -0.25) is 4.98 Å². The monoisotopic (exact) mass is 341 g/mol. The third kappa shape index (κ3) is 5.65. The van der Waals surface area contributed by atoms with Gasteiger partial charge >= 0.3 is 6.18 Å². The number of halogens is 3. The van der Waals surface area contributed by atoms with Crippen LogP contribution in [0.25, 0.3) is 0 Å². The van der Waals surface area contributed by atoms with Crippen molar-refractivity contribution in [3.8, 4) is 0 Å². The van der Waals surface area contributed by atoms with Crippen LogP contribution in [0.2, 0.25) is 0 Å². The highest BCUT2D eigenvalue weighted by atomic mass is 19.4. The summed E-state index contributed by atoms with van der Waals surface area (Å²) in [6.45, 7) is 0.605. The Labute approximate surface area is 137 Å². The molecule has 2 aromatic heterocycles. The first kappa shape index (κ1) is 17.9. The second-order valence-corrected chi connectivity index (χ2v) is 4.96. The van der Waals surface area contributed by atoms with Gasteiger partial charge in [0.25, 0.3) is 0 Å². The van der Waals surface area contributed by atoms with Crippen LogP contribution < -0.4 is 10.6 Å². The predicted molar refractivity (Wildman–Crippen MR) is 83.7 cm³/mol. The molecule has 0 fully saturated rings. The van der Waals surface area contributed by atoms with Crippen molar-refractivity contribution in [2.75, 3.05) is 30.3 Å². The molecule has 24 heavy (non-hydrogen) atoms. The van der Waals surface area contributed by atoms with Crippen LogP contribution in [-0.4, -0.2) is 39.8 Å². The van der Waals surface area contributed by atoms with Gasteiger partial charge in [0.1, 0.15) is 5.82 Å². The Morgan fingerprint density at radius 1 is 1.08 bits per heavy atom. The lowest BCUT2D eigenvalue weighted by molar-refractivity contribution is -0.141. The highest BCUT2D eigenvalue weighted by molar-refractivity contribution is 5.43. The summed E-state index contributed by atoms with van der Waals surface area (Å²) in [5, 5.41) is 14.3. The van der Waals surface area contributed by atoms with E-state index in [4.69, 9.17) is 5.11 Å². The fourth-order valence-electron chi connectivity index (χ4n) is 1.91. The first-order chi connectivity index (χ1) is 11.5. The van der Waals surface area contributed by atoms with Crippen LogP contribution in [0.1, 0.15) is 17.8 Å². The van der Waals surface area contributed by atoms with E-state index in [1.807, 2.05) is 12.1 Å². The summed E-state index contributed by atoms with van der Waals surface area (Å²) in [4.78, 5) is 11.6. The largest absolute Gasteiger partial charge is 0.433 e. The summed E-state index contributed by atoms with van der Waals surface area (Å²) in [5.41, 5.74) is -0.194. The van der Waals surface area contributed by atoms with E-state index in [0.717, 1.165) is 11.8 Å². The molecule has 0 saturated heterocycles. The number of alkyl halides is 3. The summed E-state index contributed by atoms with van der Waals surface area (Å²) in [7, 11) is 0. The van der Waals surface area contributed by atoms with E-state index < -0.39 is 11.9 Å². The number of hydrogen-bond acceptors (Lipinski definition) is 6. The van der Waals surface area contributed by atoms with Crippen molar-refractivity contribution in [1.29, 1.82) is 0 Å². The molecule has 3 N–H and O–H groups in total. The van der Waals surface area contributed by atoms with Crippen LogP contribution in [0.5, 0.6) is 0 Å². The molecule has 2 aromatic rings. The Morgan fingerprint density at radius 3 is 2.58 bits per heavy atom. The minimum absolute atomic E-state index is 0.0683. The smallest absolute Gasteiger partial charge is 0.396 e. The summed E-state index contributed by atoms with van der Waals surface area (Å²) >= 11 is 0. The Balaban J connectivity index is 2.05. The molecule has 9 heteroatoms. The Kier molecular flexibility index (Phi) is 6.30. The van der Waals surface area contributed by atoms with Gasteiger partial charge in [0.15, 0.2) is 5.69 Å².